The fraction of sp³-hybridized carbons (Fsp3) is 0.321. The topological polar surface area (TPSA) is 75.7 Å². The number of amides is 1. The van der Waals surface area contributed by atoms with E-state index in [1.807, 2.05) is 19.1 Å². The van der Waals surface area contributed by atoms with Crippen LogP contribution in [0, 0.1) is 6.92 Å². The average Bonchev–Trinajstić information content (AvgIpc) is 2.88. The van der Waals surface area contributed by atoms with Crippen LogP contribution in [0.15, 0.2) is 77.7 Å². The number of rotatable bonds is 9. The molecule has 3 aromatic rings. The van der Waals surface area contributed by atoms with Gasteiger partial charge in [0.1, 0.15) is 5.75 Å². The molecule has 190 valence electrons. The van der Waals surface area contributed by atoms with Crippen molar-refractivity contribution >= 4 is 33.2 Å². The summed E-state index contributed by atoms with van der Waals surface area (Å²) in [7, 11) is -3.84. The van der Waals surface area contributed by atoms with Crippen LogP contribution in [-0.4, -0.2) is 27.0 Å². The second-order valence-corrected chi connectivity index (χ2v) is 11.4. The third-order valence-corrected chi connectivity index (χ3v) is 8.35. The van der Waals surface area contributed by atoms with Crippen LogP contribution in [0.1, 0.15) is 43.2 Å². The zero-order valence-corrected chi connectivity index (χ0v) is 21.9. The van der Waals surface area contributed by atoms with Gasteiger partial charge < -0.3 is 10.1 Å². The Kier molecular flexibility index (Phi) is 8.54. The summed E-state index contributed by atoms with van der Waals surface area (Å²) in [6.07, 6.45) is 5.54. The molecule has 0 saturated heterocycles. The molecule has 0 radical (unpaired) electrons. The van der Waals surface area contributed by atoms with Crippen molar-refractivity contribution in [3.63, 3.8) is 0 Å². The molecule has 36 heavy (non-hydrogen) atoms. The molecule has 4 rings (SSSR count). The van der Waals surface area contributed by atoms with Crippen LogP contribution < -0.4 is 14.4 Å². The van der Waals surface area contributed by atoms with Gasteiger partial charge >= 0.3 is 0 Å². The minimum atomic E-state index is -3.84. The first-order valence-electron chi connectivity index (χ1n) is 12.2. The van der Waals surface area contributed by atoms with Crippen LogP contribution in [0.3, 0.4) is 0 Å². The molecule has 0 atom stereocenters. The molecule has 0 aromatic heterocycles. The number of halogens is 1. The van der Waals surface area contributed by atoms with Gasteiger partial charge in [-0.3, -0.25) is 9.10 Å². The molecule has 1 aliphatic carbocycles. The van der Waals surface area contributed by atoms with Crippen molar-refractivity contribution in [3.8, 4) is 5.75 Å². The van der Waals surface area contributed by atoms with Gasteiger partial charge in [0.05, 0.1) is 17.1 Å². The van der Waals surface area contributed by atoms with E-state index in [0.29, 0.717) is 16.5 Å². The predicted molar refractivity (Wildman–Crippen MR) is 143 cm³/mol. The summed E-state index contributed by atoms with van der Waals surface area (Å²) in [5.41, 5.74) is 2.27. The molecule has 8 heteroatoms. The second kappa shape index (κ2) is 11.8. The number of sulfonamides is 1. The number of benzene rings is 3. The molecule has 1 fully saturated rings. The summed E-state index contributed by atoms with van der Waals surface area (Å²) >= 11 is 6.02. The van der Waals surface area contributed by atoms with E-state index >= 15 is 0 Å². The minimum Gasteiger partial charge on any atom is -0.484 e. The number of anilines is 1. The minimum absolute atomic E-state index is 0.0774. The van der Waals surface area contributed by atoms with Crippen molar-refractivity contribution in [1.82, 2.24) is 5.32 Å². The molecule has 0 unspecified atom stereocenters. The maximum Gasteiger partial charge on any atom is 0.264 e. The van der Waals surface area contributed by atoms with Gasteiger partial charge in [0, 0.05) is 11.1 Å². The summed E-state index contributed by atoms with van der Waals surface area (Å²) < 4.78 is 34.3. The molecule has 6 nitrogen and oxygen atoms in total. The highest BCUT2D eigenvalue weighted by atomic mass is 35.5. The molecule has 1 saturated carbocycles. The molecule has 1 amide bonds. The van der Waals surface area contributed by atoms with Gasteiger partial charge in [-0.05, 0) is 73.9 Å². The van der Waals surface area contributed by atoms with Gasteiger partial charge in [-0.1, -0.05) is 60.7 Å². The van der Waals surface area contributed by atoms with Crippen molar-refractivity contribution in [2.75, 3.05) is 10.9 Å². The highest BCUT2D eigenvalue weighted by Crippen LogP contribution is 2.28. The third kappa shape index (κ3) is 6.80. The monoisotopic (exact) mass is 526 g/mol. The number of ether oxygens (including phenoxy) is 1. The van der Waals surface area contributed by atoms with Crippen LogP contribution in [0.4, 0.5) is 5.69 Å². The van der Waals surface area contributed by atoms with E-state index in [9.17, 15) is 13.2 Å². The number of nitrogens with zero attached hydrogens (tertiary/aromatic N) is 1. The number of aryl methyl sites for hydroxylation is 1. The van der Waals surface area contributed by atoms with Crippen molar-refractivity contribution in [3.05, 3.63) is 88.9 Å². The Hall–Kier alpha value is -3.03. The lowest BCUT2D eigenvalue weighted by Crippen LogP contribution is -2.38. The van der Waals surface area contributed by atoms with Gasteiger partial charge in [-0.2, -0.15) is 0 Å². The maximum absolute atomic E-state index is 13.6. The summed E-state index contributed by atoms with van der Waals surface area (Å²) in [4.78, 5) is 12.5. The van der Waals surface area contributed by atoms with Gasteiger partial charge in [0.15, 0.2) is 6.61 Å². The molecule has 0 heterocycles. The lowest BCUT2D eigenvalue weighted by atomic mass is 9.95. The van der Waals surface area contributed by atoms with Crippen LogP contribution in [0.2, 0.25) is 5.02 Å². The van der Waals surface area contributed by atoms with Crippen LogP contribution in [-0.2, 0) is 21.4 Å². The lowest BCUT2D eigenvalue weighted by molar-refractivity contribution is -0.124. The smallest absolute Gasteiger partial charge is 0.264 e. The van der Waals surface area contributed by atoms with E-state index in [0.717, 1.165) is 36.8 Å². The van der Waals surface area contributed by atoms with Gasteiger partial charge in [0.2, 0.25) is 0 Å². The Labute approximate surface area is 218 Å². The van der Waals surface area contributed by atoms with Crippen molar-refractivity contribution in [2.24, 2.45) is 0 Å². The van der Waals surface area contributed by atoms with E-state index in [1.54, 1.807) is 60.7 Å². The van der Waals surface area contributed by atoms with Crippen molar-refractivity contribution in [1.29, 1.82) is 0 Å². The fourth-order valence-corrected chi connectivity index (χ4v) is 5.86. The quantitative estimate of drug-likeness (QED) is 0.378. The predicted octanol–water partition coefficient (Wildman–Crippen LogP) is 5.87. The van der Waals surface area contributed by atoms with E-state index in [2.05, 4.69) is 5.32 Å². The lowest BCUT2D eigenvalue weighted by Gasteiger charge is -2.25. The molecular weight excluding hydrogens is 496 g/mol. The first-order chi connectivity index (χ1) is 17.3. The number of nitrogens with one attached hydrogen (secondary N) is 1. The third-order valence-electron chi connectivity index (χ3n) is 6.31. The molecule has 1 aliphatic rings. The molecule has 0 bridgehead atoms. The standard InChI is InChI=1S/C28H31ClN2O4S/c1-21-7-17-27(18-8-21)36(33,34)31(19-22-9-11-23(29)12-10-22)25-13-15-26(16-14-25)35-20-28(32)30-24-5-3-2-4-6-24/h7-18,24H,2-6,19-20H2,1H3,(H,30,32). The Morgan fingerprint density at radius 3 is 2.22 bits per heavy atom. The Morgan fingerprint density at radius 1 is 0.944 bits per heavy atom. The number of carbonyl (C=O) groups excluding carboxylic acids is 1. The fourth-order valence-electron chi connectivity index (χ4n) is 4.28. The normalized spacial score (nSPS) is 14.3. The zero-order chi connectivity index (χ0) is 25.5. The first kappa shape index (κ1) is 26.0. The van der Waals surface area contributed by atoms with Gasteiger partial charge in [-0.25, -0.2) is 8.42 Å². The zero-order valence-electron chi connectivity index (χ0n) is 20.3. The number of hydrogen-bond donors (Lipinski definition) is 1. The van der Waals surface area contributed by atoms with E-state index in [1.165, 1.54) is 10.7 Å². The van der Waals surface area contributed by atoms with Gasteiger partial charge in [-0.15, -0.1) is 0 Å². The molecule has 1 N–H and O–H groups in total. The van der Waals surface area contributed by atoms with Crippen LogP contribution in [0.5, 0.6) is 5.75 Å². The van der Waals surface area contributed by atoms with Crippen LogP contribution >= 0.6 is 11.6 Å². The van der Waals surface area contributed by atoms with Crippen LogP contribution in [0.25, 0.3) is 0 Å². The highest BCUT2D eigenvalue weighted by molar-refractivity contribution is 7.92. The second-order valence-electron chi connectivity index (χ2n) is 9.14. The molecule has 0 aliphatic heterocycles. The Bertz CT molecular complexity index is 1250. The van der Waals surface area contributed by atoms with E-state index in [-0.39, 0.29) is 30.0 Å². The summed E-state index contributed by atoms with van der Waals surface area (Å²) in [5.74, 6) is 0.356. The average molecular weight is 527 g/mol. The van der Waals surface area contributed by atoms with Crippen molar-refractivity contribution < 1.29 is 17.9 Å². The Balaban J connectivity index is 1.50. The molecule has 0 spiro atoms. The molecular formula is C28H31ClN2O4S. The summed E-state index contributed by atoms with van der Waals surface area (Å²) in [5, 5.41) is 3.62. The highest BCUT2D eigenvalue weighted by Gasteiger charge is 2.25. The summed E-state index contributed by atoms with van der Waals surface area (Å²) in [6, 6.07) is 20.9. The first-order valence-corrected chi connectivity index (χ1v) is 14.0. The number of carbonyl (C=O) groups is 1. The van der Waals surface area contributed by atoms with Gasteiger partial charge in [0.25, 0.3) is 15.9 Å². The SMILES string of the molecule is Cc1ccc(S(=O)(=O)N(Cc2ccc(Cl)cc2)c2ccc(OCC(=O)NC3CCCCC3)cc2)cc1. The van der Waals surface area contributed by atoms with Crippen molar-refractivity contribution in [2.45, 2.75) is 56.5 Å². The molecule has 3 aromatic carbocycles. The Morgan fingerprint density at radius 2 is 1.58 bits per heavy atom. The maximum atomic E-state index is 13.6. The number of hydrogen-bond acceptors (Lipinski definition) is 4. The largest absolute Gasteiger partial charge is 0.484 e. The summed E-state index contributed by atoms with van der Waals surface area (Å²) in [6.45, 7) is 1.97. The van der Waals surface area contributed by atoms with E-state index < -0.39 is 10.0 Å². The van der Waals surface area contributed by atoms with E-state index in [4.69, 9.17) is 16.3 Å².